The number of carbonyl (C=O) groups is 4. The van der Waals surface area contributed by atoms with E-state index in [1.807, 2.05) is 0 Å². The largest absolute Gasteiger partial charge is 2.00 e. The van der Waals surface area contributed by atoms with Crippen LogP contribution in [-0.2, 0) is 37.4 Å². The van der Waals surface area contributed by atoms with Gasteiger partial charge in [0.15, 0.2) is 0 Å². The van der Waals surface area contributed by atoms with Gasteiger partial charge in [0.05, 0.1) is 0 Å². The molecule has 128 valence electrons. The molecule has 0 rings (SSSR count). The van der Waals surface area contributed by atoms with Crippen LogP contribution < -0.4 is 10.2 Å². The summed E-state index contributed by atoms with van der Waals surface area (Å²) in [7, 11) is -9.54. The average molecular weight is 503 g/mol. The van der Waals surface area contributed by atoms with Crippen molar-refractivity contribution in [1.29, 1.82) is 0 Å². The number of phosphoric ester groups is 2. The van der Waals surface area contributed by atoms with Gasteiger partial charge < -0.3 is 39.4 Å². The first-order valence-electron chi connectivity index (χ1n) is 4.54. The van der Waals surface area contributed by atoms with E-state index in [0.29, 0.717) is 0 Å². The molecule has 17 heteroatoms. The van der Waals surface area contributed by atoms with Crippen LogP contribution in [0.4, 0.5) is 0 Å². The Morgan fingerprint density at radius 1 is 0.739 bits per heavy atom. The van der Waals surface area contributed by atoms with Crippen molar-refractivity contribution in [2.24, 2.45) is 0 Å². The first-order chi connectivity index (χ1) is 9.65. The number of ketones is 2. The van der Waals surface area contributed by atoms with Gasteiger partial charge in [0.25, 0.3) is 0 Å². The van der Waals surface area contributed by atoms with Crippen LogP contribution in [0, 0.1) is 0 Å². The first kappa shape index (κ1) is 27.9. The van der Waals surface area contributed by atoms with Crippen LogP contribution in [0.3, 0.4) is 0 Å². The number of carboxylic acids is 2. The number of hydrogen-bond donors (Lipinski definition) is 4. The second-order valence-corrected chi connectivity index (χ2v) is 5.43. The summed E-state index contributed by atoms with van der Waals surface area (Å²) in [6, 6.07) is 0. The molecule has 0 aromatic carbocycles. The van der Waals surface area contributed by atoms with Gasteiger partial charge in [0.2, 0.25) is 11.6 Å². The summed E-state index contributed by atoms with van der Waals surface area (Å²) in [6.07, 6.45) is 0. The monoisotopic (exact) mass is 504 g/mol. The summed E-state index contributed by atoms with van der Waals surface area (Å²) in [5, 5.41) is 19.2. The molecule has 0 aliphatic rings. The molecule has 0 fully saturated rings. The van der Waals surface area contributed by atoms with Crippen LogP contribution >= 0.6 is 15.6 Å². The molecule has 0 aromatic rings. The molecule has 0 aliphatic heterocycles. The second kappa shape index (κ2) is 12.4. The maximum absolute atomic E-state index is 10.1. The van der Waals surface area contributed by atoms with E-state index >= 15 is 0 Å². The van der Waals surface area contributed by atoms with Crippen LogP contribution in [0.1, 0.15) is 0 Å². The molecule has 0 saturated carbocycles. The topological polar surface area (TPSA) is 248 Å². The van der Waals surface area contributed by atoms with Gasteiger partial charge in [-0.2, -0.15) is 0 Å². The molecule has 0 atom stereocenters. The van der Waals surface area contributed by atoms with Gasteiger partial charge in [-0.05, 0) is 0 Å². The van der Waals surface area contributed by atoms with E-state index in [4.69, 9.17) is 19.6 Å². The van der Waals surface area contributed by atoms with Crippen LogP contribution in [0.2, 0.25) is 0 Å². The summed E-state index contributed by atoms with van der Waals surface area (Å²) in [4.78, 5) is 71.2. The number of phosphoric acid groups is 2. The number of carboxylic acid groups (broad SMARTS) is 2. The maximum atomic E-state index is 10.1. The molecule has 0 saturated heterocycles. The second-order valence-electron chi connectivity index (χ2n) is 2.95. The van der Waals surface area contributed by atoms with Crippen molar-refractivity contribution < 1.29 is 67.1 Å². The van der Waals surface area contributed by atoms with Gasteiger partial charge in [-0.25, -0.2) is 9.13 Å². The van der Waals surface area contributed by atoms with Crippen LogP contribution in [0.15, 0.2) is 0 Å². The summed E-state index contributed by atoms with van der Waals surface area (Å²) < 4.78 is 26.8. The predicted octanol–water partition coefficient (Wildman–Crippen LogP) is -5.55. The molecule has 0 spiro atoms. The minimum atomic E-state index is -4.77. The molecule has 0 heterocycles. The molecule has 4 N–H and O–H groups in total. The third-order valence-electron chi connectivity index (χ3n) is 1.18. The fourth-order valence-corrected chi connectivity index (χ4v) is 0.974. The van der Waals surface area contributed by atoms with E-state index in [0.717, 1.165) is 0 Å². The van der Waals surface area contributed by atoms with E-state index in [1.165, 1.54) is 0 Å². The van der Waals surface area contributed by atoms with Crippen LogP contribution in [0.25, 0.3) is 0 Å². The number of Topliss-reactive ketones (excluding diaryl/α,β-unsaturated/α-hetero) is 2. The molecule has 23 heavy (non-hydrogen) atoms. The van der Waals surface area contributed by atoms with Crippen molar-refractivity contribution in [2.75, 3.05) is 13.2 Å². The van der Waals surface area contributed by atoms with E-state index < -0.39 is 52.4 Å². The zero-order chi connectivity index (χ0) is 18.1. The van der Waals surface area contributed by atoms with Gasteiger partial charge in [-0.15, -0.1) is 0 Å². The number of rotatable bonds is 8. The first-order valence-corrected chi connectivity index (χ1v) is 7.60. The minimum absolute atomic E-state index is 0. The molecular formula is C6H8BaO14P2. The number of carbonyl (C=O) groups excluding carboxylic acids is 4. The van der Waals surface area contributed by atoms with Gasteiger partial charge in [0.1, 0.15) is 25.2 Å². The fourth-order valence-electron chi connectivity index (χ4n) is 0.403. The molecule has 0 aromatic heterocycles. The Hall–Kier alpha value is 0.0714. The predicted molar refractivity (Wildman–Crippen MR) is 61.8 cm³/mol. The quantitative estimate of drug-likeness (QED) is 0.137. The van der Waals surface area contributed by atoms with E-state index in [9.17, 15) is 38.5 Å². The third kappa shape index (κ3) is 22.1. The minimum Gasteiger partial charge on any atom is -0.542 e. The Morgan fingerprint density at radius 3 is 1.09 bits per heavy atom. The Bertz CT molecular complexity index is 481. The summed E-state index contributed by atoms with van der Waals surface area (Å²) in [6.45, 7) is -2.38. The Balaban J connectivity index is -0.000000333. The maximum Gasteiger partial charge on any atom is 2.00 e. The Morgan fingerprint density at radius 2 is 0.957 bits per heavy atom. The van der Waals surface area contributed by atoms with Gasteiger partial charge in [-0.3, -0.25) is 18.6 Å². The van der Waals surface area contributed by atoms with Crippen molar-refractivity contribution in [3.05, 3.63) is 0 Å². The molecule has 14 nitrogen and oxygen atoms in total. The van der Waals surface area contributed by atoms with Crippen molar-refractivity contribution in [1.82, 2.24) is 0 Å². The van der Waals surface area contributed by atoms with Crippen molar-refractivity contribution >= 4 is 88.0 Å². The molecule has 0 aliphatic carbocycles. The third-order valence-corrected chi connectivity index (χ3v) is 2.11. The molecular weight excluding hydrogens is 495 g/mol. The smallest absolute Gasteiger partial charge is 0.542 e. The van der Waals surface area contributed by atoms with Crippen LogP contribution in [0.5, 0.6) is 0 Å². The number of aliphatic carboxylic acids is 2. The van der Waals surface area contributed by atoms with Gasteiger partial charge >= 0.3 is 64.5 Å². The normalized spacial score (nSPS) is 10.6. The molecule has 0 radical (unpaired) electrons. The van der Waals surface area contributed by atoms with Crippen molar-refractivity contribution in [3.63, 3.8) is 0 Å². The van der Waals surface area contributed by atoms with E-state index in [-0.39, 0.29) is 48.9 Å². The fraction of sp³-hybridized carbons (Fsp3) is 0.333. The zero-order valence-electron chi connectivity index (χ0n) is 10.9. The summed E-state index contributed by atoms with van der Waals surface area (Å²) in [5.74, 6) is -7.13. The van der Waals surface area contributed by atoms with Gasteiger partial charge in [-0.1, -0.05) is 0 Å². The molecule has 0 unspecified atom stereocenters. The Labute approximate surface area is 167 Å². The SMILES string of the molecule is O=C([O-])C(=O)COP(=O)(O)O.O=C([O-])C(=O)COP(=O)(O)O.[Ba+2]. The summed E-state index contributed by atoms with van der Waals surface area (Å²) in [5.41, 5.74) is 0. The average Bonchev–Trinajstić information content (AvgIpc) is 2.31. The van der Waals surface area contributed by atoms with E-state index in [1.54, 1.807) is 0 Å². The van der Waals surface area contributed by atoms with Gasteiger partial charge in [0, 0.05) is 0 Å². The molecule has 0 bridgehead atoms. The number of hydrogen-bond acceptors (Lipinski definition) is 10. The molecule has 0 amide bonds. The standard InChI is InChI=1S/2C3H5O7P.Ba/c2*4-2(3(5)6)1-10-11(7,8)9;/h2*1H2,(H,5,6)(H2,7,8,9);/q;;+2/p-2. The Kier molecular flexibility index (Phi) is 15.1. The summed E-state index contributed by atoms with van der Waals surface area (Å²) >= 11 is 0. The van der Waals surface area contributed by atoms with Crippen LogP contribution in [-0.4, -0.2) is 105 Å². The van der Waals surface area contributed by atoms with Crippen molar-refractivity contribution in [2.45, 2.75) is 0 Å². The van der Waals surface area contributed by atoms with E-state index in [2.05, 4.69) is 9.05 Å². The zero-order valence-corrected chi connectivity index (χ0v) is 17.1. The van der Waals surface area contributed by atoms with Crippen molar-refractivity contribution in [3.8, 4) is 0 Å².